The molecule has 0 bridgehead atoms. The van der Waals surface area contributed by atoms with Crippen LogP contribution in [-0.2, 0) is 0 Å². The Hall–Kier alpha value is -0.380. The van der Waals surface area contributed by atoms with Crippen molar-refractivity contribution in [2.24, 2.45) is 5.92 Å². The molecule has 0 saturated heterocycles. The molecule has 98 valence electrons. The SMILES string of the molecule is OC1CC(CNC2CC(c3cccc(Br)c3)C2)C1. The molecular weight excluding hydrogens is 290 g/mol. The molecule has 0 aliphatic heterocycles. The molecule has 2 aliphatic rings. The Morgan fingerprint density at radius 1 is 1.22 bits per heavy atom. The first-order chi connectivity index (χ1) is 8.70. The van der Waals surface area contributed by atoms with Gasteiger partial charge in [0.1, 0.15) is 0 Å². The van der Waals surface area contributed by atoms with Gasteiger partial charge in [0.05, 0.1) is 6.10 Å². The molecule has 3 rings (SSSR count). The van der Waals surface area contributed by atoms with Gasteiger partial charge in [0.15, 0.2) is 0 Å². The number of halogens is 1. The van der Waals surface area contributed by atoms with Gasteiger partial charge in [0, 0.05) is 10.5 Å². The van der Waals surface area contributed by atoms with Crippen molar-refractivity contribution in [3.63, 3.8) is 0 Å². The highest BCUT2D eigenvalue weighted by Crippen LogP contribution is 2.38. The molecular formula is C15H20BrNO. The number of rotatable bonds is 4. The fourth-order valence-corrected chi connectivity index (χ4v) is 3.43. The smallest absolute Gasteiger partial charge is 0.0546 e. The first kappa shape index (κ1) is 12.6. The van der Waals surface area contributed by atoms with Gasteiger partial charge in [-0.05, 0) is 61.8 Å². The largest absolute Gasteiger partial charge is 0.393 e. The van der Waals surface area contributed by atoms with E-state index in [-0.39, 0.29) is 6.10 Å². The molecule has 0 spiro atoms. The Kier molecular flexibility index (Phi) is 3.73. The Balaban J connectivity index is 1.40. The maximum atomic E-state index is 9.24. The van der Waals surface area contributed by atoms with Crippen LogP contribution in [0.3, 0.4) is 0 Å². The second-order valence-corrected chi connectivity index (χ2v) is 6.74. The molecule has 0 heterocycles. The lowest BCUT2D eigenvalue weighted by molar-refractivity contribution is 0.0400. The molecule has 0 radical (unpaired) electrons. The second kappa shape index (κ2) is 5.32. The van der Waals surface area contributed by atoms with Crippen molar-refractivity contribution >= 4 is 15.9 Å². The van der Waals surface area contributed by atoms with Crippen LogP contribution in [0.2, 0.25) is 0 Å². The summed E-state index contributed by atoms with van der Waals surface area (Å²) in [6, 6.07) is 9.36. The minimum absolute atomic E-state index is 0.0207. The fourth-order valence-electron chi connectivity index (χ4n) is 3.02. The summed E-state index contributed by atoms with van der Waals surface area (Å²) in [5.41, 5.74) is 1.46. The molecule has 18 heavy (non-hydrogen) atoms. The van der Waals surface area contributed by atoms with Crippen LogP contribution in [0, 0.1) is 5.92 Å². The highest BCUT2D eigenvalue weighted by molar-refractivity contribution is 9.10. The number of nitrogens with one attached hydrogen (secondary N) is 1. The first-order valence-electron chi connectivity index (χ1n) is 6.87. The number of aliphatic hydroxyl groups is 1. The molecule has 1 aromatic rings. The third-order valence-electron chi connectivity index (χ3n) is 4.36. The van der Waals surface area contributed by atoms with Gasteiger partial charge >= 0.3 is 0 Å². The van der Waals surface area contributed by atoms with Crippen molar-refractivity contribution in [3.8, 4) is 0 Å². The summed E-state index contributed by atoms with van der Waals surface area (Å²) in [7, 11) is 0. The molecule has 0 atom stereocenters. The standard InChI is InChI=1S/C15H20BrNO/c16-13-3-1-2-11(6-13)12-7-14(8-12)17-9-10-4-15(18)5-10/h1-3,6,10,12,14-15,17-18H,4-5,7-9H2. The normalized spacial score (nSPS) is 34.8. The van der Waals surface area contributed by atoms with Gasteiger partial charge in [-0.15, -0.1) is 0 Å². The van der Waals surface area contributed by atoms with E-state index in [1.54, 1.807) is 0 Å². The van der Waals surface area contributed by atoms with Crippen LogP contribution >= 0.6 is 15.9 Å². The predicted octanol–water partition coefficient (Wildman–Crippen LogP) is 3.06. The van der Waals surface area contributed by atoms with Crippen molar-refractivity contribution in [1.29, 1.82) is 0 Å². The van der Waals surface area contributed by atoms with E-state index in [0.717, 1.165) is 25.3 Å². The van der Waals surface area contributed by atoms with Crippen LogP contribution in [0.25, 0.3) is 0 Å². The topological polar surface area (TPSA) is 32.3 Å². The van der Waals surface area contributed by atoms with Crippen LogP contribution in [0.5, 0.6) is 0 Å². The lowest BCUT2D eigenvalue weighted by Gasteiger charge is -2.39. The minimum atomic E-state index is -0.0207. The molecule has 0 amide bonds. The summed E-state index contributed by atoms with van der Waals surface area (Å²) < 4.78 is 1.18. The number of hydrogen-bond donors (Lipinski definition) is 2. The highest BCUT2D eigenvalue weighted by Gasteiger charge is 2.32. The maximum Gasteiger partial charge on any atom is 0.0546 e. The summed E-state index contributed by atoms with van der Waals surface area (Å²) in [5, 5.41) is 12.9. The van der Waals surface area contributed by atoms with E-state index in [9.17, 15) is 5.11 Å². The van der Waals surface area contributed by atoms with Crippen molar-refractivity contribution in [3.05, 3.63) is 34.3 Å². The van der Waals surface area contributed by atoms with E-state index in [1.807, 2.05) is 0 Å². The van der Waals surface area contributed by atoms with Crippen molar-refractivity contribution < 1.29 is 5.11 Å². The molecule has 0 aromatic heterocycles. The molecule has 2 nitrogen and oxygen atoms in total. The molecule has 2 saturated carbocycles. The van der Waals surface area contributed by atoms with Gasteiger partial charge < -0.3 is 10.4 Å². The molecule has 2 fully saturated rings. The van der Waals surface area contributed by atoms with E-state index in [4.69, 9.17) is 0 Å². The summed E-state index contributed by atoms with van der Waals surface area (Å²) in [6.45, 7) is 1.09. The van der Waals surface area contributed by atoms with Crippen molar-refractivity contribution in [2.75, 3.05) is 6.54 Å². The predicted molar refractivity (Wildman–Crippen MR) is 76.6 cm³/mol. The van der Waals surface area contributed by atoms with E-state index < -0.39 is 0 Å². The van der Waals surface area contributed by atoms with E-state index in [2.05, 4.69) is 45.5 Å². The van der Waals surface area contributed by atoms with Crippen LogP contribution in [0.15, 0.2) is 28.7 Å². The summed E-state index contributed by atoms with van der Waals surface area (Å²) >= 11 is 3.53. The Bertz CT molecular complexity index is 411. The average molecular weight is 310 g/mol. The van der Waals surface area contributed by atoms with Crippen LogP contribution in [-0.4, -0.2) is 23.8 Å². The lowest BCUT2D eigenvalue weighted by atomic mass is 9.75. The molecule has 3 heteroatoms. The van der Waals surface area contributed by atoms with Gasteiger partial charge in [-0.2, -0.15) is 0 Å². The van der Waals surface area contributed by atoms with Gasteiger partial charge in [0.25, 0.3) is 0 Å². The number of aliphatic hydroxyl groups excluding tert-OH is 1. The summed E-state index contributed by atoms with van der Waals surface area (Å²) in [6.07, 6.45) is 4.48. The third-order valence-corrected chi connectivity index (χ3v) is 4.86. The van der Waals surface area contributed by atoms with Gasteiger partial charge in [-0.25, -0.2) is 0 Å². The lowest BCUT2D eigenvalue weighted by Crippen LogP contribution is -2.45. The quantitative estimate of drug-likeness (QED) is 0.896. The van der Waals surface area contributed by atoms with Crippen LogP contribution < -0.4 is 5.32 Å². The number of benzene rings is 1. The maximum absolute atomic E-state index is 9.24. The fraction of sp³-hybridized carbons (Fsp3) is 0.600. The molecule has 1 aromatic carbocycles. The van der Waals surface area contributed by atoms with E-state index >= 15 is 0 Å². The van der Waals surface area contributed by atoms with Crippen LogP contribution in [0.4, 0.5) is 0 Å². The average Bonchev–Trinajstić information content (AvgIpc) is 2.24. The zero-order valence-electron chi connectivity index (χ0n) is 10.5. The minimum Gasteiger partial charge on any atom is -0.393 e. The number of hydrogen-bond acceptors (Lipinski definition) is 2. The van der Waals surface area contributed by atoms with E-state index in [0.29, 0.717) is 12.0 Å². The Morgan fingerprint density at radius 3 is 2.67 bits per heavy atom. The molecule has 2 N–H and O–H groups in total. The molecule has 0 unspecified atom stereocenters. The zero-order chi connectivity index (χ0) is 12.5. The van der Waals surface area contributed by atoms with Crippen LogP contribution in [0.1, 0.15) is 37.2 Å². The van der Waals surface area contributed by atoms with Gasteiger partial charge in [-0.1, -0.05) is 28.1 Å². The third kappa shape index (κ3) is 2.79. The Labute approximate surface area is 117 Å². The van der Waals surface area contributed by atoms with Crippen molar-refractivity contribution in [1.82, 2.24) is 5.32 Å². The monoisotopic (exact) mass is 309 g/mol. The summed E-state index contributed by atoms with van der Waals surface area (Å²) in [5.74, 6) is 1.44. The highest BCUT2D eigenvalue weighted by atomic mass is 79.9. The first-order valence-corrected chi connectivity index (χ1v) is 7.67. The van der Waals surface area contributed by atoms with Gasteiger partial charge in [0.2, 0.25) is 0 Å². The zero-order valence-corrected chi connectivity index (χ0v) is 12.1. The Morgan fingerprint density at radius 2 is 2.00 bits per heavy atom. The molecule has 2 aliphatic carbocycles. The van der Waals surface area contributed by atoms with Gasteiger partial charge in [-0.3, -0.25) is 0 Å². The summed E-state index contributed by atoms with van der Waals surface area (Å²) in [4.78, 5) is 0. The van der Waals surface area contributed by atoms with E-state index in [1.165, 1.54) is 22.9 Å². The van der Waals surface area contributed by atoms with Crippen molar-refractivity contribution in [2.45, 2.75) is 43.7 Å². The second-order valence-electron chi connectivity index (χ2n) is 5.82.